The van der Waals surface area contributed by atoms with Gasteiger partial charge in [0, 0.05) is 43.9 Å². The van der Waals surface area contributed by atoms with Crippen LogP contribution in [0.4, 0.5) is 13.2 Å². The highest BCUT2D eigenvalue weighted by Gasteiger charge is 2.37. The van der Waals surface area contributed by atoms with Crippen LogP contribution in [0.15, 0.2) is 18.2 Å². The maximum absolute atomic E-state index is 12.8. The molecule has 0 aromatic heterocycles. The van der Waals surface area contributed by atoms with Gasteiger partial charge in [0.1, 0.15) is 11.5 Å². The number of nitrogens with zero attached hydrogens (tertiary/aromatic N) is 1. The van der Waals surface area contributed by atoms with Crippen molar-refractivity contribution >= 4 is 12.4 Å². The second-order valence-corrected chi connectivity index (χ2v) is 4.86. The van der Waals surface area contributed by atoms with Crippen LogP contribution in [0.25, 0.3) is 0 Å². The monoisotopic (exact) mass is 326 g/mol. The van der Waals surface area contributed by atoms with Gasteiger partial charge in [0.25, 0.3) is 0 Å². The van der Waals surface area contributed by atoms with E-state index in [-0.39, 0.29) is 29.5 Å². The minimum Gasteiger partial charge on any atom is -0.508 e. The highest BCUT2D eigenvalue weighted by atomic mass is 35.5. The van der Waals surface area contributed by atoms with Gasteiger partial charge in [-0.3, -0.25) is 4.90 Å². The second-order valence-electron chi connectivity index (χ2n) is 4.86. The summed E-state index contributed by atoms with van der Waals surface area (Å²) in [5, 5.41) is 22.2. The molecule has 1 aromatic rings. The lowest BCUT2D eigenvalue weighted by Crippen LogP contribution is -2.46. The number of hydrogen-bond donors (Lipinski definition) is 3. The highest BCUT2D eigenvalue weighted by molar-refractivity contribution is 5.85. The summed E-state index contributed by atoms with van der Waals surface area (Å²) in [6.07, 6.45) is -5.34. The molecule has 120 valence electrons. The summed E-state index contributed by atoms with van der Waals surface area (Å²) in [5.41, 5.74) is 0.196. The van der Waals surface area contributed by atoms with E-state index in [1.54, 1.807) is 4.90 Å². The zero-order chi connectivity index (χ0) is 14.8. The van der Waals surface area contributed by atoms with Gasteiger partial charge in [0.15, 0.2) is 0 Å². The van der Waals surface area contributed by atoms with Crippen molar-refractivity contribution in [3.05, 3.63) is 23.8 Å². The minimum atomic E-state index is -4.32. The molecule has 1 saturated heterocycles. The molecule has 1 aromatic carbocycles. The summed E-state index contributed by atoms with van der Waals surface area (Å²) >= 11 is 0. The maximum Gasteiger partial charge on any atom is 0.390 e. The standard InChI is InChI=1S/C13H17F3N2O2.ClH/c14-13(15,16)8-11(18-5-3-17-4-6-18)10-2-1-9(19)7-12(10)20;/h1-2,7,11,17,19-20H,3-6,8H2;1H/t11-;/m1./s1. The molecule has 0 saturated carbocycles. The van der Waals surface area contributed by atoms with Gasteiger partial charge in [-0.05, 0) is 6.07 Å². The molecule has 0 radical (unpaired) electrons. The van der Waals surface area contributed by atoms with Crippen LogP contribution in [0.5, 0.6) is 11.5 Å². The summed E-state index contributed by atoms with van der Waals surface area (Å²) in [5.74, 6) is -0.477. The Kier molecular flexibility index (Phi) is 6.12. The summed E-state index contributed by atoms with van der Waals surface area (Å²) in [6.45, 7) is 2.21. The van der Waals surface area contributed by atoms with Crippen LogP contribution < -0.4 is 5.32 Å². The molecule has 1 heterocycles. The van der Waals surface area contributed by atoms with Crippen molar-refractivity contribution in [2.75, 3.05) is 26.2 Å². The van der Waals surface area contributed by atoms with Crippen LogP contribution in [-0.2, 0) is 0 Å². The molecule has 0 unspecified atom stereocenters. The van der Waals surface area contributed by atoms with Crippen molar-refractivity contribution in [1.82, 2.24) is 10.2 Å². The Balaban J connectivity index is 0.00000220. The lowest BCUT2D eigenvalue weighted by Gasteiger charge is -2.35. The Hall–Kier alpha value is -1.18. The molecule has 1 aliphatic heterocycles. The van der Waals surface area contributed by atoms with Crippen LogP contribution in [0.3, 0.4) is 0 Å². The third-order valence-corrected chi connectivity index (χ3v) is 3.39. The topological polar surface area (TPSA) is 55.7 Å². The number of piperazine rings is 1. The molecule has 2 rings (SSSR count). The summed E-state index contributed by atoms with van der Waals surface area (Å²) in [4.78, 5) is 1.70. The van der Waals surface area contributed by atoms with E-state index in [9.17, 15) is 23.4 Å². The first kappa shape index (κ1) is 17.9. The lowest BCUT2D eigenvalue weighted by molar-refractivity contribution is -0.148. The molecule has 0 spiro atoms. The zero-order valence-electron chi connectivity index (χ0n) is 11.2. The molecule has 3 N–H and O–H groups in total. The number of phenolic OH excluding ortho intramolecular Hbond substituents is 2. The van der Waals surface area contributed by atoms with Crippen molar-refractivity contribution in [3.8, 4) is 11.5 Å². The van der Waals surface area contributed by atoms with Gasteiger partial charge in [-0.15, -0.1) is 12.4 Å². The molecule has 0 bridgehead atoms. The van der Waals surface area contributed by atoms with Crippen molar-refractivity contribution in [2.24, 2.45) is 0 Å². The van der Waals surface area contributed by atoms with Gasteiger partial charge in [-0.1, -0.05) is 6.07 Å². The Morgan fingerprint density at radius 1 is 1.19 bits per heavy atom. The van der Waals surface area contributed by atoms with Crippen molar-refractivity contribution < 1.29 is 23.4 Å². The van der Waals surface area contributed by atoms with Crippen LogP contribution >= 0.6 is 12.4 Å². The third-order valence-electron chi connectivity index (χ3n) is 3.39. The number of hydrogen-bond acceptors (Lipinski definition) is 4. The van der Waals surface area contributed by atoms with Crippen molar-refractivity contribution in [1.29, 1.82) is 0 Å². The number of rotatable bonds is 3. The Bertz CT molecular complexity index is 465. The smallest absolute Gasteiger partial charge is 0.390 e. The summed E-state index contributed by atoms with van der Waals surface area (Å²) < 4.78 is 38.4. The average Bonchev–Trinajstić information content (AvgIpc) is 2.36. The molecule has 1 atom stereocenters. The second kappa shape index (κ2) is 7.20. The molecule has 4 nitrogen and oxygen atoms in total. The quantitative estimate of drug-likeness (QED) is 0.798. The fourth-order valence-corrected chi connectivity index (χ4v) is 2.46. The molecule has 8 heteroatoms. The van der Waals surface area contributed by atoms with Crippen LogP contribution in [0.2, 0.25) is 0 Å². The van der Waals surface area contributed by atoms with Gasteiger partial charge in [0.05, 0.1) is 6.42 Å². The molecule has 1 aliphatic rings. The summed E-state index contributed by atoms with van der Waals surface area (Å²) in [6, 6.07) is 2.78. The molecular weight excluding hydrogens is 309 g/mol. The van der Waals surface area contributed by atoms with E-state index in [2.05, 4.69) is 5.32 Å². The number of benzene rings is 1. The van der Waals surface area contributed by atoms with E-state index in [0.717, 1.165) is 6.07 Å². The largest absolute Gasteiger partial charge is 0.508 e. The Morgan fingerprint density at radius 3 is 2.33 bits per heavy atom. The predicted molar refractivity (Wildman–Crippen MR) is 74.9 cm³/mol. The van der Waals surface area contributed by atoms with Crippen LogP contribution in [0.1, 0.15) is 18.0 Å². The first-order valence-electron chi connectivity index (χ1n) is 6.40. The van der Waals surface area contributed by atoms with Crippen molar-refractivity contribution in [2.45, 2.75) is 18.6 Å². The fraction of sp³-hybridized carbons (Fsp3) is 0.538. The molecule has 0 aliphatic carbocycles. The van der Waals surface area contributed by atoms with Crippen LogP contribution in [-0.4, -0.2) is 47.5 Å². The summed E-state index contributed by atoms with van der Waals surface area (Å²) in [7, 11) is 0. The third kappa shape index (κ3) is 4.94. The minimum absolute atomic E-state index is 0. The molecular formula is C13H18ClF3N2O2. The average molecular weight is 327 g/mol. The highest BCUT2D eigenvalue weighted by Crippen LogP contribution is 2.38. The SMILES string of the molecule is Cl.Oc1ccc([C@@H](CC(F)(F)F)N2CCNCC2)c(O)c1. The van der Waals surface area contributed by atoms with E-state index in [1.165, 1.54) is 12.1 Å². The van der Waals surface area contributed by atoms with Gasteiger partial charge in [-0.25, -0.2) is 0 Å². The number of phenols is 2. The van der Waals surface area contributed by atoms with E-state index < -0.39 is 18.6 Å². The normalized spacial score (nSPS) is 18.0. The Morgan fingerprint density at radius 2 is 1.81 bits per heavy atom. The van der Waals surface area contributed by atoms with Gasteiger partial charge in [0.2, 0.25) is 0 Å². The van der Waals surface area contributed by atoms with E-state index in [4.69, 9.17) is 0 Å². The molecule has 21 heavy (non-hydrogen) atoms. The number of alkyl halides is 3. The molecule has 1 fully saturated rings. The van der Waals surface area contributed by atoms with Gasteiger partial charge >= 0.3 is 6.18 Å². The van der Waals surface area contributed by atoms with Gasteiger partial charge < -0.3 is 15.5 Å². The number of aromatic hydroxyl groups is 2. The van der Waals surface area contributed by atoms with E-state index >= 15 is 0 Å². The molecule has 0 amide bonds. The first-order chi connectivity index (χ1) is 9.37. The fourth-order valence-electron chi connectivity index (χ4n) is 2.46. The van der Waals surface area contributed by atoms with Crippen molar-refractivity contribution in [3.63, 3.8) is 0 Å². The van der Waals surface area contributed by atoms with E-state index in [1.807, 2.05) is 0 Å². The lowest BCUT2D eigenvalue weighted by atomic mass is 9.99. The number of halogens is 4. The van der Waals surface area contributed by atoms with E-state index in [0.29, 0.717) is 26.2 Å². The predicted octanol–water partition coefficient (Wildman–Crippen LogP) is 2.42. The zero-order valence-corrected chi connectivity index (χ0v) is 12.0. The number of nitrogens with one attached hydrogen (secondary N) is 1. The first-order valence-corrected chi connectivity index (χ1v) is 6.40. The maximum atomic E-state index is 12.8. The van der Waals surface area contributed by atoms with Gasteiger partial charge in [-0.2, -0.15) is 13.2 Å². The van der Waals surface area contributed by atoms with Crippen LogP contribution in [0, 0.1) is 0 Å². The Labute approximate surface area is 127 Å².